The fourth-order valence-corrected chi connectivity index (χ4v) is 4.92. The number of aryl methyl sites for hydroxylation is 3. The van der Waals surface area contributed by atoms with Gasteiger partial charge in [0.1, 0.15) is 11.5 Å². The summed E-state index contributed by atoms with van der Waals surface area (Å²) in [6, 6.07) is 18.7. The van der Waals surface area contributed by atoms with Crippen LogP contribution in [-0.2, 0) is 22.4 Å². The van der Waals surface area contributed by atoms with Crippen LogP contribution in [0.25, 0.3) is 5.76 Å². The van der Waals surface area contributed by atoms with Crippen molar-refractivity contribution in [1.29, 1.82) is 0 Å². The molecule has 0 spiro atoms. The van der Waals surface area contributed by atoms with Crippen molar-refractivity contribution in [1.82, 2.24) is 0 Å². The molecule has 5 rings (SSSR count). The van der Waals surface area contributed by atoms with E-state index in [-0.39, 0.29) is 17.1 Å². The summed E-state index contributed by atoms with van der Waals surface area (Å²) < 4.78 is 0. The number of nitrogens with zero attached hydrogens (tertiary/aromatic N) is 1. The first kappa shape index (κ1) is 21.0. The second kappa shape index (κ2) is 8.24. The summed E-state index contributed by atoms with van der Waals surface area (Å²) in [5.74, 6) is -1.60. The van der Waals surface area contributed by atoms with Gasteiger partial charge < -0.3 is 10.2 Å². The number of aromatic hydroxyl groups is 1. The van der Waals surface area contributed by atoms with Crippen LogP contribution in [0.4, 0.5) is 5.69 Å². The lowest BCUT2D eigenvalue weighted by atomic mass is 9.88. The Kier molecular flexibility index (Phi) is 5.25. The zero-order valence-electron chi connectivity index (χ0n) is 18.4. The predicted molar refractivity (Wildman–Crippen MR) is 127 cm³/mol. The van der Waals surface area contributed by atoms with Crippen LogP contribution in [0.1, 0.15) is 46.7 Å². The molecule has 1 fully saturated rings. The molecule has 3 aromatic carbocycles. The Labute approximate surface area is 192 Å². The smallest absolute Gasteiger partial charge is 0.300 e. The van der Waals surface area contributed by atoms with Gasteiger partial charge in [-0.05, 0) is 85.2 Å². The average Bonchev–Trinajstić information content (AvgIpc) is 3.09. The lowest BCUT2D eigenvalue weighted by Gasteiger charge is -2.26. The molecular weight excluding hydrogens is 414 g/mol. The van der Waals surface area contributed by atoms with E-state index in [0.717, 1.165) is 31.2 Å². The number of hydrogen-bond donors (Lipinski definition) is 2. The van der Waals surface area contributed by atoms with E-state index in [2.05, 4.69) is 0 Å². The maximum atomic E-state index is 13.3. The minimum Gasteiger partial charge on any atom is -0.508 e. The van der Waals surface area contributed by atoms with Crippen molar-refractivity contribution in [3.05, 3.63) is 100 Å². The third-order valence-corrected chi connectivity index (χ3v) is 6.53. The molecule has 2 aliphatic rings. The second-order valence-corrected chi connectivity index (χ2v) is 8.79. The number of rotatable bonds is 3. The summed E-state index contributed by atoms with van der Waals surface area (Å²) in [5.41, 5.74) is 5.06. The number of phenols is 1. The number of Topliss-reactive ketones (excluding diaryl/α,β-unsaturated/α-hetero) is 1. The number of ketones is 1. The molecule has 2 N–H and O–H groups in total. The zero-order valence-corrected chi connectivity index (χ0v) is 18.4. The molecule has 1 saturated heterocycles. The summed E-state index contributed by atoms with van der Waals surface area (Å²) in [7, 11) is 0. The van der Waals surface area contributed by atoms with Crippen LogP contribution in [0.15, 0.2) is 72.3 Å². The van der Waals surface area contributed by atoms with Crippen LogP contribution in [0.2, 0.25) is 0 Å². The van der Waals surface area contributed by atoms with Gasteiger partial charge in [0.25, 0.3) is 11.7 Å². The molecule has 166 valence electrons. The van der Waals surface area contributed by atoms with Crippen molar-refractivity contribution >= 4 is 23.1 Å². The summed E-state index contributed by atoms with van der Waals surface area (Å²) in [6.45, 7) is 1.91. The highest BCUT2D eigenvalue weighted by molar-refractivity contribution is 6.51. The minimum absolute atomic E-state index is 0.0242. The van der Waals surface area contributed by atoms with E-state index in [1.54, 1.807) is 18.2 Å². The summed E-state index contributed by atoms with van der Waals surface area (Å²) in [5, 5.41) is 21.5. The van der Waals surface area contributed by atoms with Crippen LogP contribution in [-0.4, -0.2) is 21.9 Å². The first-order valence-electron chi connectivity index (χ1n) is 11.2. The highest BCUT2D eigenvalue weighted by Gasteiger charge is 2.47. The Hall–Kier alpha value is -3.86. The number of aliphatic hydroxyl groups is 1. The van der Waals surface area contributed by atoms with Gasteiger partial charge in [-0.3, -0.25) is 14.5 Å². The largest absolute Gasteiger partial charge is 0.508 e. The first-order valence-corrected chi connectivity index (χ1v) is 11.2. The standard InChI is InChI=1S/C28H25NO4/c1-17-6-4-10-22(14-17)29-25(20-9-5-11-23(30)16-20)24(27(32)28(29)33)26(31)21-13-12-18-7-2-3-8-19(18)15-21/h4-6,9-16,25,30-31H,2-3,7-8H2,1H3/b26-24-. The van der Waals surface area contributed by atoms with Gasteiger partial charge in [-0.1, -0.05) is 36.4 Å². The van der Waals surface area contributed by atoms with Crippen LogP contribution < -0.4 is 4.90 Å². The molecule has 1 heterocycles. The van der Waals surface area contributed by atoms with E-state index < -0.39 is 17.7 Å². The molecular formula is C28H25NO4. The molecule has 0 bridgehead atoms. The van der Waals surface area contributed by atoms with Crippen molar-refractivity contribution < 1.29 is 19.8 Å². The molecule has 0 saturated carbocycles. The monoisotopic (exact) mass is 439 g/mol. The molecule has 1 atom stereocenters. The summed E-state index contributed by atoms with van der Waals surface area (Å²) >= 11 is 0. The Morgan fingerprint density at radius 1 is 0.909 bits per heavy atom. The average molecular weight is 440 g/mol. The molecule has 5 nitrogen and oxygen atoms in total. The highest BCUT2D eigenvalue weighted by atomic mass is 16.3. The molecule has 3 aromatic rings. The Morgan fingerprint density at radius 2 is 1.67 bits per heavy atom. The molecule has 0 aromatic heterocycles. The zero-order chi connectivity index (χ0) is 23.1. The maximum absolute atomic E-state index is 13.3. The van der Waals surface area contributed by atoms with Crippen molar-refractivity contribution in [3.8, 4) is 5.75 Å². The fourth-order valence-electron chi connectivity index (χ4n) is 4.92. The lowest BCUT2D eigenvalue weighted by Crippen LogP contribution is -2.29. The number of phenolic OH excluding ortho intramolecular Hbond substituents is 1. The van der Waals surface area contributed by atoms with Crippen LogP contribution in [0.5, 0.6) is 5.75 Å². The Balaban J connectivity index is 1.71. The van der Waals surface area contributed by atoms with Crippen molar-refractivity contribution in [2.45, 2.75) is 38.6 Å². The summed E-state index contributed by atoms with van der Waals surface area (Å²) in [4.78, 5) is 27.9. The van der Waals surface area contributed by atoms with Gasteiger partial charge in [0, 0.05) is 11.3 Å². The fraction of sp³-hybridized carbons (Fsp3) is 0.214. The first-order chi connectivity index (χ1) is 15.9. The van der Waals surface area contributed by atoms with E-state index in [4.69, 9.17) is 0 Å². The lowest BCUT2D eigenvalue weighted by molar-refractivity contribution is -0.132. The van der Waals surface area contributed by atoms with E-state index in [9.17, 15) is 19.8 Å². The van der Waals surface area contributed by atoms with E-state index in [1.807, 2.05) is 43.3 Å². The van der Waals surface area contributed by atoms with E-state index in [1.165, 1.54) is 28.2 Å². The number of fused-ring (bicyclic) bond motifs is 1. The molecule has 1 unspecified atom stereocenters. The molecule has 1 aliphatic heterocycles. The highest BCUT2D eigenvalue weighted by Crippen LogP contribution is 2.43. The quantitative estimate of drug-likeness (QED) is 0.334. The third kappa shape index (κ3) is 3.69. The summed E-state index contributed by atoms with van der Waals surface area (Å²) in [6.07, 6.45) is 4.19. The van der Waals surface area contributed by atoms with Crippen LogP contribution in [0, 0.1) is 6.92 Å². The Bertz CT molecular complexity index is 1310. The molecule has 5 heteroatoms. The third-order valence-electron chi connectivity index (χ3n) is 6.53. The topological polar surface area (TPSA) is 77.8 Å². The second-order valence-electron chi connectivity index (χ2n) is 8.79. The number of anilines is 1. The van der Waals surface area contributed by atoms with Crippen LogP contribution in [0.3, 0.4) is 0 Å². The van der Waals surface area contributed by atoms with Gasteiger partial charge in [-0.15, -0.1) is 0 Å². The van der Waals surface area contributed by atoms with Crippen molar-refractivity contribution in [3.63, 3.8) is 0 Å². The molecule has 0 radical (unpaired) electrons. The number of hydrogen-bond acceptors (Lipinski definition) is 4. The molecule has 1 amide bonds. The normalized spacial score (nSPS) is 19.5. The maximum Gasteiger partial charge on any atom is 0.300 e. The van der Waals surface area contributed by atoms with Gasteiger partial charge in [-0.25, -0.2) is 0 Å². The number of amides is 1. The van der Waals surface area contributed by atoms with Gasteiger partial charge in [-0.2, -0.15) is 0 Å². The number of benzene rings is 3. The number of carbonyl (C=O) groups excluding carboxylic acids is 2. The molecule has 1 aliphatic carbocycles. The predicted octanol–water partition coefficient (Wildman–Crippen LogP) is 5.21. The van der Waals surface area contributed by atoms with Gasteiger partial charge in [0.15, 0.2) is 0 Å². The van der Waals surface area contributed by atoms with E-state index >= 15 is 0 Å². The number of carbonyl (C=O) groups is 2. The minimum atomic E-state index is -0.852. The molecule has 33 heavy (non-hydrogen) atoms. The van der Waals surface area contributed by atoms with Crippen molar-refractivity contribution in [2.75, 3.05) is 4.90 Å². The van der Waals surface area contributed by atoms with Crippen LogP contribution >= 0.6 is 0 Å². The van der Waals surface area contributed by atoms with E-state index in [0.29, 0.717) is 16.8 Å². The van der Waals surface area contributed by atoms with Gasteiger partial charge in [0.05, 0.1) is 11.6 Å². The Morgan fingerprint density at radius 3 is 2.42 bits per heavy atom. The van der Waals surface area contributed by atoms with Gasteiger partial charge in [0.2, 0.25) is 0 Å². The van der Waals surface area contributed by atoms with Gasteiger partial charge >= 0.3 is 0 Å². The van der Waals surface area contributed by atoms with Crippen molar-refractivity contribution in [2.24, 2.45) is 0 Å². The SMILES string of the molecule is Cc1cccc(N2C(=O)C(=O)/C(=C(\O)c3ccc4c(c3)CCCC4)C2c2cccc(O)c2)c1. The number of aliphatic hydroxyl groups excluding tert-OH is 1.